The molecule has 5 nitrogen and oxygen atoms in total. The summed E-state index contributed by atoms with van der Waals surface area (Å²) >= 11 is 0. The third-order valence-electron chi connectivity index (χ3n) is 6.73. The van der Waals surface area contributed by atoms with Crippen LogP contribution in [0, 0.1) is 0 Å². The van der Waals surface area contributed by atoms with Crippen LogP contribution in [0.1, 0.15) is 5.56 Å². The minimum absolute atomic E-state index is 0.909. The molecule has 0 atom stereocenters. The van der Waals surface area contributed by atoms with Crippen molar-refractivity contribution in [1.82, 2.24) is 24.8 Å². The molecule has 0 amide bonds. The van der Waals surface area contributed by atoms with Gasteiger partial charge in [0.05, 0.1) is 5.52 Å². The monoisotopic (exact) mass is 433 g/mol. The summed E-state index contributed by atoms with van der Waals surface area (Å²) in [5, 5.41) is 2.28. The maximum atomic E-state index is 4.71. The molecule has 0 spiro atoms. The van der Waals surface area contributed by atoms with E-state index < -0.39 is 0 Å². The van der Waals surface area contributed by atoms with Crippen molar-refractivity contribution in [1.29, 1.82) is 0 Å². The average Bonchev–Trinajstić information content (AvgIpc) is 3.29. The molecule has 0 aliphatic carbocycles. The smallest absolute Gasteiger partial charge is 0.137 e. The van der Waals surface area contributed by atoms with Crippen molar-refractivity contribution in [3.05, 3.63) is 84.8 Å². The first-order valence-corrected chi connectivity index (χ1v) is 11.6. The molecule has 3 aromatic heterocycles. The molecule has 0 bridgehead atoms. The number of rotatable bonds is 4. The molecule has 1 fully saturated rings. The first kappa shape index (κ1) is 20.1. The third-order valence-corrected chi connectivity index (χ3v) is 6.73. The third kappa shape index (κ3) is 4.01. The number of hydrogen-bond donors (Lipinski definition) is 1. The number of nitrogens with zero attached hydrogens (tertiary/aromatic N) is 4. The number of H-pyrrole nitrogens is 1. The van der Waals surface area contributed by atoms with Gasteiger partial charge in [-0.15, -0.1) is 0 Å². The highest BCUT2D eigenvalue weighted by Gasteiger charge is 2.14. The minimum Gasteiger partial charge on any atom is -0.346 e. The Bertz CT molecular complexity index is 1410. The van der Waals surface area contributed by atoms with E-state index in [2.05, 4.69) is 87.6 Å². The molecule has 0 unspecified atom stereocenters. The van der Waals surface area contributed by atoms with Crippen LogP contribution < -0.4 is 0 Å². The molecular formula is C28H27N5. The van der Waals surface area contributed by atoms with Crippen LogP contribution in [0.3, 0.4) is 0 Å². The van der Waals surface area contributed by atoms with Crippen molar-refractivity contribution in [3.8, 4) is 22.3 Å². The van der Waals surface area contributed by atoms with E-state index in [0.29, 0.717) is 0 Å². The number of pyridine rings is 2. The van der Waals surface area contributed by atoms with Gasteiger partial charge in [0.2, 0.25) is 0 Å². The van der Waals surface area contributed by atoms with Crippen LogP contribution in [0.15, 0.2) is 79.3 Å². The predicted octanol–water partition coefficient (Wildman–Crippen LogP) is 5.19. The molecule has 1 saturated heterocycles. The lowest BCUT2D eigenvalue weighted by Gasteiger charge is -2.32. The van der Waals surface area contributed by atoms with Gasteiger partial charge in [-0.25, -0.2) is 4.98 Å². The predicted molar refractivity (Wildman–Crippen MR) is 135 cm³/mol. The summed E-state index contributed by atoms with van der Waals surface area (Å²) in [7, 11) is 2.20. The van der Waals surface area contributed by atoms with Gasteiger partial charge in [-0.1, -0.05) is 36.4 Å². The largest absolute Gasteiger partial charge is 0.346 e. The molecule has 4 heterocycles. The molecule has 6 rings (SSSR count). The van der Waals surface area contributed by atoms with Crippen molar-refractivity contribution in [2.45, 2.75) is 6.54 Å². The van der Waals surface area contributed by atoms with E-state index in [1.54, 1.807) is 0 Å². The van der Waals surface area contributed by atoms with Crippen LogP contribution in [-0.2, 0) is 6.54 Å². The van der Waals surface area contributed by atoms with Gasteiger partial charge >= 0.3 is 0 Å². The van der Waals surface area contributed by atoms with E-state index >= 15 is 0 Å². The maximum absolute atomic E-state index is 4.71. The van der Waals surface area contributed by atoms with E-state index in [1.165, 1.54) is 16.7 Å². The number of piperazine rings is 1. The van der Waals surface area contributed by atoms with E-state index in [4.69, 9.17) is 4.98 Å². The van der Waals surface area contributed by atoms with Gasteiger partial charge in [-0.2, -0.15) is 0 Å². The minimum atomic E-state index is 0.909. The Balaban J connectivity index is 1.28. The first-order chi connectivity index (χ1) is 16.2. The Morgan fingerprint density at radius 2 is 1.67 bits per heavy atom. The number of nitrogens with one attached hydrogen (secondary N) is 1. The van der Waals surface area contributed by atoms with Crippen LogP contribution in [0.2, 0.25) is 0 Å². The van der Waals surface area contributed by atoms with Crippen molar-refractivity contribution in [2.75, 3.05) is 33.2 Å². The number of aromatic amines is 1. The molecule has 5 heteroatoms. The second-order valence-electron chi connectivity index (χ2n) is 9.01. The Morgan fingerprint density at radius 1 is 0.848 bits per heavy atom. The first-order valence-electron chi connectivity index (χ1n) is 11.6. The summed E-state index contributed by atoms with van der Waals surface area (Å²) in [6.45, 7) is 5.59. The quantitative estimate of drug-likeness (QED) is 0.424. The number of hydrogen-bond acceptors (Lipinski definition) is 4. The van der Waals surface area contributed by atoms with Crippen molar-refractivity contribution in [3.63, 3.8) is 0 Å². The Labute approximate surface area is 193 Å². The zero-order chi connectivity index (χ0) is 22.2. The SMILES string of the molecule is CN1CCN(Cc2ccc(-c3cnc4[nH]cc(-c5ccc6ncccc6c5)c4c3)cc2)CC1. The second kappa shape index (κ2) is 8.43. The molecule has 2 aromatic carbocycles. The Morgan fingerprint density at radius 3 is 2.52 bits per heavy atom. The van der Waals surface area contributed by atoms with E-state index in [9.17, 15) is 0 Å². The lowest BCUT2D eigenvalue weighted by Crippen LogP contribution is -2.43. The van der Waals surface area contributed by atoms with Gasteiger partial charge in [0.25, 0.3) is 0 Å². The van der Waals surface area contributed by atoms with Crippen molar-refractivity contribution < 1.29 is 0 Å². The summed E-state index contributed by atoms with van der Waals surface area (Å²) in [5.74, 6) is 0. The zero-order valence-electron chi connectivity index (χ0n) is 18.8. The fourth-order valence-corrected chi connectivity index (χ4v) is 4.71. The summed E-state index contributed by atoms with van der Waals surface area (Å²) in [4.78, 5) is 17.4. The highest BCUT2D eigenvalue weighted by atomic mass is 15.2. The number of fused-ring (bicyclic) bond motifs is 2. The average molecular weight is 434 g/mol. The molecule has 5 aromatic rings. The van der Waals surface area contributed by atoms with E-state index in [1.807, 2.05) is 18.5 Å². The molecule has 33 heavy (non-hydrogen) atoms. The highest BCUT2D eigenvalue weighted by molar-refractivity contribution is 5.97. The highest BCUT2D eigenvalue weighted by Crippen LogP contribution is 2.32. The second-order valence-corrected chi connectivity index (χ2v) is 9.01. The summed E-state index contributed by atoms with van der Waals surface area (Å²) in [6.07, 6.45) is 5.85. The van der Waals surface area contributed by atoms with Crippen LogP contribution in [0.5, 0.6) is 0 Å². The number of likely N-dealkylation sites (N-methyl/N-ethyl adjacent to an activating group) is 1. The molecule has 1 N–H and O–H groups in total. The zero-order valence-corrected chi connectivity index (χ0v) is 18.8. The lowest BCUT2D eigenvalue weighted by molar-refractivity contribution is 0.148. The summed E-state index contributed by atoms with van der Waals surface area (Å²) in [5.41, 5.74) is 7.95. The fourth-order valence-electron chi connectivity index (χ4n) is 4.71. The number of benzene rings is 2. The Hall–Kier alpha value is -3.54. The van der Waals surface area contributed by atoms with Crippen LogP contribution >= 0.6 is 0 Å². The van der Waals surface area contributed by atoms with Crippen molar-refractivity contribution in [2.24, 2.45) is 0 Å². The van der Waals surface area contributed by atoms with Gasteiger partial charge in [0.15, 0.2) is 0 Å². The molecule has 0 radical (unpaired) electrons. The standard InChI is InChI=1S/C28H27N5/c1-32-11-13-33(14-12-32)19-20-4-6-21(7-5-20)24-16-25-26(18-31-28(25)30-17-24)22-8-9-27-23(15-22)3-2-10-29-27/h2-10,15-18H,11-14,19H2,1H3,(H,30,31). The molecule has 0 saturated carbocycles. The van der Waals surface area contributed by atoms with Crippen LogP contribution in [-0.4, -0.2) is 58.0 Å². The molecule has 1 aliphatic heterocycles. The fraction of sp³-hybridized carbons (Fsp3) is 0.214. The normalized spacial score (nSPS) is 15.4. The van der Waals surface area contributed by atoms with Gasteiger partial charge in [0, 0.05) is 73.2 Å². The van der Waals surface area contributed by atoms with Crippen LogP contribution in [0.25, 0.3) is 44.2 Å². The molecule has 1 aliphatic rings. The maximum Gasteiger partial charge on any atom is 0.137 e. The molecular weight excluding hydrogens is 406 g/mol. The Kier molecular flexibility index (Phi) is 5.13. The summed E-state index contributed by atoms with van der Waals surface area (Å²) < 4.78 is 0. The molecule has 164 valence electrons. The van der Waals surface area contributed by atoms with E-state index in [0.717, 1.165) is 65.8 Å². The van der Waals surface area contributed by atoms with Crippen LogP contribution in [0.4, 0.5) is 0 Å². The topological polar surface area (TPSA) is 48.0 Å². The van der Waals surface area contributed by atoms with E-state index in [-0.39, 0.29) is 0 Å². The number of aromatic nitrogens is 3. The van der Waals surface area contributed by atoms with Gasteiger partial charge in [-0.3, -0.25) is 9.88 Å². The summed E-state index contributed by atoms with van der Waals surface area (Å²) in [6, 6.07) is 21.7. The van der Waals surface area contributed by atoms with Gasteiger partial charge < -0.3 is 9.88 Å². The lowest BCUT2D eigenvalue weighted by atomic mass is 10.0. The van der Waals surface area contributed by atoms with Gasteiger partial charge in [0.1, 0.15) is 5.65 Å². The van der Waals surface area contributed by atoms with Crippen molar-refractivity contribution >= 4 is 21.9 Å². The van der Waals surface area contributed by atoms with Gasteiger partial charge in [-0.05, 0) is 48.0 Å².